The number of amides is 2. The van der Waals surface area contributed by atoms with Gasteiger partial charge in [-0.1, -0.05) is 31.2 Å². The molecule has 2 rings (SSSR count). The normalized spacial score (nSPS) is 10.2. The van der Waals surface area contributed by atoms with Gasteiger partial charge in [-0.2, -0.15) is 0 Å². The van der Waals surface area contributed by atoms with E-state index in [1.807, 2.05) is 24.3 Å². The van der Waals surface area contributed by atoms with Crippen molar-refractivity contribution in [2.75, 3.05) is 16.8 Å². The summed E-state index contributed by atoms with van der Waals surface area (Å²) < 4.78 is 0. The molecule has 0 aliphatic carbocycles. The Balaban J connectivity index is 2.12. The van der Waals surface area contributed by atoms with E-state index in [0.717, 1.165) is 6.42 Å². The first kappa shape index (κ1) is 18.4. The van der Waals surface area contributed by atoms with Gasteiger partial charge in [-0.25, -0.2) is 0 Å². The van der Waals surface area contributed by atoms with E-state index in [2.05, 4.69) is 12.2 Å². The number of aryl methyl sites for hydroxylation is 1. The van der Waals surface area contributed by atoms with Crippen LogP contribution in [0.5, 0.6) is 0 Å². The second-order valence-corrected chi connectivity index (χ2v) is 5.81. The van der Waals surface area contributed by atoms with Crippen LogP contribution in [0.3, 0.4) is 0 Å². The van der Waals surface area contributed by atoms with Gasteiger partial charge in [-0.05, 0) is 43.2 Å². The summed E-state index contributed by atoms with van der Waals surface area (Å²) in [7, 11) is 0. The molecule has 0 aliphatic heterocycles. The molecule has 0 aliphatic rings. The SMILES string of the molecule is CCc1ccc(NC(=O)CN(C(C)=O)c2cccc(C(C)=O)c2)cc1. The Hall–Kier alpha value is -2.95. The fraction of sp³-hybridized carbons (Fsp3) is 0.250. The van der Waals surface area contributed by atoms with Crippen molar-refractivity contribution in [2.24, 2.45) is 0 Å². The van der Waals surface area contributed by atoms with E-state index in [0.29, 0.717) is 16.9 Å². The number of carbonyl (C=O) groups excluding carboxylic acids is 3. The molecular formula is C20H22N2O3. The molecule has 0 heterocycles. The van der Waals surface area contributed by atoms with Crippen LogP contribution in [0, 0.1) is 0 Å². The van der Waals surface area contributed by atoms with Crippen molar-refractivity contribution in [3.8, 4) is 0 Å². The molecule has 0 spiro atoms. The number of nitrogens with zero attached hydrogens (tertiary/aromatic N) is 1. The maximum atomic E-state index is 12.3. The summed E-state index contributed by atoms with van der Waals surface area (Å²) in [5.74, 6) is -0.657. The van der Waals surface area contributed by atoms with E-state index < -0.39 is 0 Å². The molecule has 25 heavy (non-hydrogen) atoms. The molecule has 0 saturated carbocycles. The Morgan fingerprint density at radius 1 is 1.00 bits per heavy atom. The van der Waals surface area contributed by atoms with Gasteiger partial charge in [-0.3, -0.25) is 14.4 Å². The second-order valence-electron chi connectivity index (χ2n) is 5.81. The van der Waals surface area contributed by atoms with Crippen molar-refractivity contribution < 1.29 is 14.4 Å². The van der Waals surface area contributed by atoms with Gasteiger partial charge in [0.2, 0.25) is 11.8 Å². The molecule has 130 valence electrons. The van der Waals surface area contributed by atoms with E-state index >= 15 is 0 Å². The molecule has 0 radical (unpaired) electrons. The molecule has 0 bridgehead atoms. The van der Waals surface area contributed by atoms with Gasteiger partial charge in [-0.15, -0.1) is 0 Å². The van der Waals surface area contributed by atoms with Crippen LogP contribution in [0.25, 0.3) is 0 Å². The van der Waals surface area contributed by atoms with Gasteiger partial charge < -0.3 is 10.2 Å². The zero-order valence-corrected chi connectivity index (χ0v) is 14.7. The first-order chi connectivity index (χ1) is 11.9. The van der Waals surface area contributed by atoms with Crippen LogP contribution in [0.15, 0.2) is 48.5 Å². The van der Waals surface area contributed by atoms with Crippen molar-refractivity contribution >= 4 is 29.0 Å². The second kappa shape index (κ2) is 8.24. The molecule has 0 fully saturated rings. The fourth-order valence-electron chi connectivity index (χ4n) is 2.45. The lowest BCUT2D eigenvalue weighted by atomic mass is 10.1. The Kier molecular flexibility index (Phi) is 6.06. The number of hydrogen-bond acceptors (Lipinski definition) is 3. The van der Waals surface area contributed by atoms with Crippen LogP contribution in [0.4, 0.5) is 11.4 Å². The first-order valence-corrected chi connectivity index (χ1v) is 8.18. The van der Waals surface area contributed by atoms with Crippen molar-refractivity contribution in [1.82, 2.24) is 0 Å². The number of rotatable bonds is 6. The largest absolute Gasteiger partial charge is 0.325 e. The highest BCUT2D eigenvalue weighted by atomic mass is 16.2. The van der Waals surface area contributed by atoms with Gasteiger partial charge in [0.05, 0.1) is 0 Å². The lowest BCUT2D eigenvalue weighted by Gasteiger charge is -2.21. The van der Waals surface area contributed by atoms with Gasteiger partial charge in [0, 0.05) is 23.9 Å². The highest BCUT2D eigenvalue weighted by Crippen LogP contribution is 2.17. The number of carbonyl (C=O) groups is 3. The predicted molar refractivity (Wildman–Crippen MR) is 98.9 cm³/mol. The number of ketones is 1. The van der Waals surface area contributed by atoms with E-state index in [9.17, 15) is 14.4 Å². The quantitative estimate of drug-likeness (QED) is 0.821. The third kappa shape index (κ3) is 5.01. The molecule has 0 saturated heterocycles. The number of Topliss-reactive ketones (excluding diaryl/α,β-unsaturated/α-hetero) is 1. The summed E-state index contributed by atoms with van der Waals surface area (Å²) >= 11 is 0. The minimum Gasteiger partial charge on any atom is -0.325 e. The summed E-state index contributed by atoms with van der Waals surface area (Å²) in [5, 5.41) is 2.79. The molecule has 0 aromatic heterocycles. The van der Waals surface area contributed by atoms with Crippen LogP contribution in [-0.4, -0.2) is 24.1 Å². The molecule has 1 N–H and O–H groups in total. The number of hydrogen-bond donors (Lipinski definition) is 1. The van der Waals surface area contributed by atoms with Crippen molar-refractivity contribution in [3.05, 3.63) is 59.7 Å². The minimum atomic E-state index is -0.298. The molecule has 2 aromatic rings. The first-order valence-electron chi connectivity index (χ1n) is 8.18. The number of anilines is 2. The summed E-state index contributed by atoms with van der Waals surface area (Å²) in [4.78, 5) is 37.1. The number of benzene rings is 2. The van der Waals surface area contributed by atoms with Crippen LogP contribution in [-0.2, 0) is 16.0 Å². The maximum Gasteiger partial charge on any atom is 0.244 e. The van der Waals surface area contributed by atoms with Gasteiger partial charge in [0.25, 0.3) is 0 Å². The van der Waals surface area contributed by atoms with Gasteiger partial charge in [0.15, 0.2) is 5.78 Å². The van der Waals surface area contributed by atoms with Gasteiger partial charge in [0.1, 0.15) is 6.54 Å². The molecular weight excluding hydrogens is 316 g/mol. The van der Waals surface area contributed by atoms with Gasteiger partial charge >= 0.3 is 0 Å². The summed E-state index contributed by atoms with van der Waals surface area (Å²) in [6.45, 7) is 4.80. The Morgan fingerprint density at radius 2 is 1.68 bits per heavy atom. The van der Waals surface area contributed by atoms with E-state index in [4.69, 9.17) is 0 Å². The predicted octanol–water partition coefficient (Wildman–Crippen LogP) is 3.44. The lowest BCUT2D eigenvalue weighted by Crippen LogP contribution is -2.36. The van der Waals surface area contributed by atoms with Crippen LogP contribution in [0.1, 0.15) is 36.7 Å². The highest BCUT2D eigenvalue weighted by molar-refractivity contribution is 6.03. The zero-order valence-electron chi connectivity index (χ0n) is 14.7. The molecule has 2 aromatic carbocycles. The van der Waals surface area contributed by atoms with Crippen LogP contribution in [0.2, 0.25) is 0 Å². The van der Waals surface area contributed by atoms with Crippen molar-refractivity contribution in [3.63, 3.8) is 0 Å². The van der Waals surface area contributed by atoms with E-state index in [1.54, 1.807) is 24.3 Å². The maximum absolute atomic E-state index is 12.3. The Bertz CT molecular complexity index is 782. The average Bonchev–Trinajstić information content (AvgIpc) is 2.60. The monoisotopic (exact) mass is 338 g/mol. The van der Waals surface area contributed by atoms with Crippen molar-refractivity contribution in [2.45, 2.75) is 27.2 Å². The minimum absolute atomic E-state index is 0.0918. The molecule has 0 unspecified atom stereocenters. The lowest BCUT2D eigenvalue weighted by molar-refractivity contribution is -0.120. The summed E-state index contributed by atoms with van der Waals surface area (Å²) in [6.07, 6.45) is 0.929. The smallest absolute Gasteiger partial charge is 0.244 e. The average molecular weight is 338 g/mol. The summed E-state index contributed by atoms with van der Waals surface area (Å²) in [5.41, 5.74) is 2.89. The summed E-state index contributed by atoms with van der Waals surface area (Å²) in [6, 6.07) is 14.3. The van der Waals surface area contributed by atoms with E-state index in [-0.39, 0.29) is 24.1 Å². The molecule has 5 nitrogen and oxygen atoms in total. The highest BCUT2D eigenvalue weighted by Gasteiger charge is 2.17. The molecule has 5 heteroatoms. The standard InChI is InChI=1S/C20H22N2O3/c1-4-16-8-10-18(11-9-16)21-20(25)13-22(15(3)24)19-7-5-6-17(12-19)14(2)23/h5-12H,4,13H2,1-3H3,(H,21,25). The van der Waals surface area contributed by atoms with E-state index in [1.165, 1.54) is 24.3 Å². The Morgan fingerprint density at radius 3 is 2.24 bits per heavy atom. The van der Waals surface area contributed by atoms with Crippen molar-refractivity contribution in [1.29, 1.82) is 0 Å². The molecule has 2 amide bonds. The fourth-order valence-corrected chi connectivity index (χ4v) is 2.45. The zero-order chi connectivity index (χ0) is 18.4. The topological polar surface area (TPSA) is 66.5 Å². The van der Waals surface area contributed by atoms with Crippen LogP contribution < -0.4 is 10.2 Å². The van der Waals surface area contributed by atoms with Crippen LogP contribution >= 0.6 is 0 Å². The third-order valence-electron chi connectivity index (χ3n) is 3.89. The molecule has 0 atom stereocenters. The third-order valence-corrected chi connectivity index (χ3v) is 3.89. The number of nitrogens with one attached hydrogen (secondary N) is 1. The Labute approximate surface area is 147 Å².